The standard InChI is InChI=1S/C26H26F3N5O5S/c1-13(2)39-25(36)22-16-5-3-4-6-19(16)40-24(22)31-23(35)18-12-21-30-17(11-20(26(27,28)29)33(21)32-18)14-7-9-15(10-8-14)34(37)38/h7-10,12-13,17,20,30H,3-6,11H2,1-2H3,(H,31,35). The molecule has 1 aliphatic heterocycles. The number of hydrogen-bond donors (Lipinski definition) is 2. The van der Waals surface area contributed by atoms with Gasteiger partial charge >= 0.3 is 12.1 Å². The van der Waals surface area contributed by atoms with Crippen LogP contribution in [0.5, 0.6) is 0 Å². The number of carbonyl (C=O) groups is 2. The Morgan fingerprint density at radius 2 is 1.93 bits per heavy atom. The first-order valence-electron chi connectivity index (χ1n) is 12.8. The third-order valence-electron chi connectivity index (χ3n) is 6.87. The number of hydrogen-bond acceptors (Lipinski definition) is 8. The number of alkyl halides is 3. The fourth-order valence-corrected chi connectivity index (χ4v) is 6.31. The first-order chi connectivity index (χ1) is 18.9. The molecule has 2 aliphatic rings. The Hall–Kier alpha value is -3.94. The van der Waals surface area contributed by atoms with Gasteiger partial charge in [0.2, 0.25) is 0 Å². The molecule has 1 aromatic carbocycles. The molecule has 0 saturated heterocycles. The van der Waals surface area contributed by atoms with Crippen LogP contribution in [-0.2, 0) is 17.6 Å². The van der Waals surface area contributed by atoms with E-state index in [1.165, 1.54) is 41.7 Å². The molecule has 0 fully saturated rings. The van der Waals surface area contributed by atoms with Crippen molar-refractivity contribution < 1.29 is 32.4 Å². The highest BCUT2D eigenvalue weighted by Gasteiger charge is 2.47. The largest absolute Gasteiger partial charge is 0.459 e. The second-order valence-corrected chi connectivity index (χ2v) is 11.1. The number of benzene rings is 1. The van der Waals surface area contributed by atoms with Gasteiger partial charge in [-0.05, 0) is 50.7 Å². The molecule has 0 spiro atoms. The van der Waals surface area contributed by atoms with Crippen LogP contribution in [0.3, 0.4) is 0 Å². The van der Waals surface area contributed by atoms with Crippen LogP contribution < -0.4 is 10.6 Å². The van der Waals surface area contributed by atoms with Crippen molar-refractivity contribution in [1.29, 1.82) is 0 Å². The lowest BCUT2D eigenvalue weighted by atomic mass is 9.95. The average molecular weight is 578 g/mol. The summed E-state index contributed by atoms with van der Waals surface area (Å²) in [5, 5.41) is 20.9. The number of fused-ring (bicyclic) bond motifs is 2. The monoisotopic (exact) mass is 577 g/mol. The maximum Gasteiger partial charge on any atom is 0.410 e. The number of non-ortho nitro benzene ring substituents is 1. The number of halogens is 3. The molecule has 2 N–H and O–H groups in total. The first-order valence-corrected chi connectivity index (χ1v) is 13.6. The second kappa shape index (κ2) is 10.6. The predicted octanol–water partition coefficient (Wildman–Crippen LogP) is 6.21. The van der Waals surface area contributed by atoms with E-state index in [9.17, 15) is 32.9 Å². The van der Waals surface area contributed by atoms with Crippen LogP contribution in [0.1, 0.15) is 82.0 Å². The zero-order valence-corrected chi connectivity index (χ0v) is 22.4. The molecule has 3 aromatic rings. The lowest BCUT2D eigenvalue weighted by molar-refractivity contribution is -0.384. The molecule has 10 nitrogen and oxygen atoms in total. The van der Waals surface area contributed by atoms with Crippen molar-refractivity contribution in [3.63, 3.8) is 0 Å². The molecule has 5 rings (SSSR count). The minimum absolute atomic E-state index is 0.0213. The molecule has 0 bridgehead atoms. The maximum absolute atomic E-state index is 14.1. The number of thiophene rings is 1. The third kappa shape index (κ3) is 5.40. The van der Waals surface area contributed by atoms with Gasteiger partial charge in [-0.25, -0.2) is 9.48 Å². The number of rotatable bonds is 6. The summed E-state index contributed by atoms with van der Waals surface area (Å²) in [6.45, 7) is 3.44. The van der Waals surface area contributed by atoms with Crippen LogP contribution in [-0.4, -0.2) is 38.9 Å². The quantitative estimate of drug-likeness (QED) is 0.203. The third-order valence-corrected chi connectivity index (χ3v) is 8.08. The average Bonchev–Trinajstić information content (AvgIpc) is 3.48. The van der Waals surface area contributed by atoms with E-state index in [0.29, 0.717) is 12.0 Å². The summed E-state index contributed by atoms with van der Waals surface area (Å²) in [5.74, 6) is -1.33. The number of esters is 1. The van der Waals surface area contributed by atoms with Crippen LogP contribution in [0.2, 0.25) is 0 Å². The first kappa shape index (κ1) is 27.6. The van der Waals surface area contributed by atoms with Crippen LogP contribution in [0.4, 0.5) is 29.7 Å². The van der Waals surface area contributed by atoms with E-state index in [-0.39, 0.29) is 33.9 Å². The molecule has 1 aliphatic carbocycles. The van der Waals surface area contributed by atoms with Crippen LogP contribution in [0.25, 0.3) is 0 Å². The number of nitrogens with zero attached hydrogens (tertiary/aromatic N) is 3. The van der Waals surface area contributed by atoms with E-state index in [1.807, 2.05) is 0 Å². The van der Waals surface area contributed by atoms with Gasteiger partial charge < -0.3 is 15.4 Å². The molecule has 0 radical (unpaired) electrons. The summed E-state index contributed by atoms with van der Waals surface area (Å²) in [7, 11) is 0. The molecular formula is C26H26F3N5O5S. The van der Waals surface area contributed by atoms with Gasteiger partial charge in [0.15, 0.2) is 11.7 Å². The topological polar surface area (TPSA) is 128 Å². The number of carbonyl (C=O) groups excluding carboxylic acids is 2. The number of nitrogens with one attached hydrogen (secondary N) is 2. The Morgan fingerprint density at radius 3 is 2.58 bits per heavy atom. The highest BCUT2D eigenvalue weighted by molar-refractivity contribution is 7.17. The molecule has 2 unspecified atom stereocenters. The molecule has 212 valence electrons. The highest BCUT2D eigenvalue weighted by Crippen LogP contribution is 2.44. The Morgan fingerprint density at radius 1 is 1.23 bits per heavy atom. The Balaban J connectivity index is 1.44. The van der Waals surface area contributed by atoms with Crippen LogP contribution in [0.15, 0.2) is 30.3 Å². The Kier molecular flexibility index (Phi) is 7.29. The van der Waals surface area contributed by atoms with Crippen molar-refractivity contribution >= 4 is 39.7 Å². The minimum atomic E-state index is -4.67. The number of nitro benzene ring substituents is 1. The Labute approximate surface area is 230 Å². The number of aryl methyl sites for hydroxylation is 1. The normalized spacial score (nSPS) is 18.4. The molecule has 2 aromatic heterocycles. The summed E-state index contributed by atoms with van der Waals surface area (Å²) in [4.78, 5) is 37.5. The number of nitro groups is 1. The number of amides is 1. The van der Waals surface area contributed by atoms with Crippen molar-refractivity contribution in [3.05, 3.63) is 67.7 Å². The molecular weight excluding hydrogens is 551 g/mol. The van der Waals surface area contributed by atoms with E-state index in [0.717, 1.165) is 34.4 Å². The summed E-state index contributed by atoms with van der Waals surface area (Å²) in [6.07, 6.45) is -2.19. The lowest BCUT2D eigenvalue weighted by Gasteiger charge is -2.33. The maximum atomic E-state index is 14.1. The molecule has 0 saturated carbocycles. The van der Waals surface area contributed by atoms with Crippen LogP contribution >= 0.6 is 11.3 Å². The summed E-state index contributed by atoms with van der Waals surface area (Å²) in [6, 6.07) is 3.63. The van der Waals surface area contributed by atoms with Crippen molar-refractivity contribution in [3.8, 4) is 0 Å². The van der Waals surface area contributed by atoms with Crippen molar-refractivity contribution in [2.45, 2.75) is 70.3 Å². The molecule has 40 heavy (non-hydrogen) atoms. The van der Waals surface area contributed by atoms with Gasteiger partial charge in [-0.2, -0.15) is 18.3 Å². The van der Waals surface area contributed by atoms with Gasteiger partial charge in [0.25, 0.3) is 11.6 Å². The summed E-state index contributed by atoms with van der Waals surface area (Å²) >= 11 is 1.27. The SMILES string of the molecule is CC(C)OC(=O)c1c(NC(=O)c2cc3n(n2)C(C(F)(F)F)CC(c2ccc([N+](=O)[O-])cc2)N3)sc2c1CCCC2. The fraction of sp³-hybridized carbons (Fsp3) is 0.423. The molecule has 14 heteroatoms. The summed E-state index contributed by atoms with van der Waals surface area (Å²) in [5.41, 5.74) is 1.12. The van der Waals surface area contributed by atoms with Gasteiger partial charge in [-0.1, -0.05) is 12.1 Å². The van der Waals surface area contributed by atoms with Crippen molar-refractivity contribution in [2.24, 2.45) is 0 Å². The zero-order chi connectivity index (χ0) is 28.8. The fourth-order valence-electron chi connectivity index (χ4n) is 5.04. The van der Waals surface area contributed by atoms with E-state index in [1.54, 1.807) is 13.8 Å². The molecule has 3 heterocycles. The minimum Gasteiger partial charge on any atom is -0.459 e. The summed E-state index contributed by atoms with van der Waals surface area (Å²) < 4.78 is 48.4. The predicted molar refractivity (Wildman–Crippen MR) is 141 cm³/mol. The van der Waals surface area contributed by atoms with Crippen molar-refractivity contribution in [1.82, 2.24) is 9.78 Å². The van der Waals surface area contributed by atoms with Gasteiger partial charge in [-0.15, -0.1) is 11.3 Å². The van der Waals surface area contributed by atoms with Crippen molar-refractivity contribution in [2.75, 3.05) is 10.6 Å². The number of ether oxygens (including phenoxy) is 1. The molecule has 2 atom stereocenters. The van der Waals surface area contributed by atoms with Crippen LogP contribution in [0, 0.1) is 10.1 Å². The van der Waals surface area contributed by atoms with Gasteiger partial charge in [-0.3, -0.25) is 14.9 Å². The lowest BCUT2D eigenvalue weighted by Crippen LogP contribution is -2.35. The van der Waals surface area contributed by atoms with E-state index >= 15 is 0 Å². The number of anilines is 2. The molecule has 1 amide bonds. The van der Waals surface area contributed by atoms with Gasteiger partial charge in [0.05, 0.1) is 22.6 Å². The smallest absolute Gasteiger partial charge is 0.410 e. The second-order valence-electron chi connectivity index (χ2n) is 10.0. The van der Waals surface area contributed by atoms with E-state index in [2.05, 4.69) is 15.7 Å². The highest BCUT2D eigenvalue weighted by atomic mass is 32.1. The van der Waals surface area contributed by atoms with E-state index in [4.69, 9.17) is 4.74 Å². The zero-order valence-electron chi connectivity index (χ0n) is 21.6. The Bertz CT molecular complexity index is 1460. The number of aromatic nitrogens is 2. The van der Waals surface area contributed by atoms with Gasteiger partial charge in [0.1, 0.15) is 10.8 Å². The van der Waals surface area contributed by atoms with E-state index < -0.39 is 41.5 Å². The van der Waals surface area contributed by atoms with Gasteiger partial charge in [0, 0.05) is 29.5 Å².